The van der Waals surface area contributed by atoms with Crippen molar-refractivity contribution in [2.24, 2.45) is 5.92 Å². The summed E-state index contributed by atoms with van der Waals surface area (Å²) in [7, 11) is 6.81. The van der Waals surface area contributed by atoms with Crippen molar-refractivity contribution in [1.29, 1.82) is 0 Å². The van der Waals surface area contributed by atoms with E-state index in [2.05, 4.69) is 43.2 Å². The van der Waals surface area contributed by atoms with Crippen LogP contribution in [0.3, 0.4) is 0 Å². The third kappa shape index (κ3) is 3.93. The molecule has 2 saturated carbocycles. The lowest BCUT2D eigenvalue weighted by molar-refractivity contribution is 0.0250. The van der Waals surface area contributed by atoms with Gasteiger partial charge in [-0.15, -0.1) is 0 Å². The SMILES string of the molecule is CCCNC(CN(C)CC1(N(C)C)CCC1)C1CC1. The molecule has 0 saturated heterocycles. The van der Waals surface area contributed by atoms with Crippen LogP contribution in [0.5, 0.6) is 0 Å². The van der Waals surface area contributed by atoms with Gasteiger partial charge in [-0.05, 0) is 72.1 Å². The van der Waals surface area contributed by atoms with Crippen molar-refractivity contribution in [2.45, 2.75) is 57.0 Å². The Morgan fingerprint density at radius 2 is 1.89 bits per heavy atom. The number of nitrogens with zero attached hydrogens (tertiary/aromatic N) is 2. The van der Waals surface area contributed by atoms with Crippen LogP contribution < -0.4 is 5.32 Å². The maximum Gasteiger partial charge on any atom is 0.0330 e. The van der Waals surface area contributed by atoms with E-state index in [1.807, 2.05) is 0 Å². The molecule has 3 heteroatoms. The number of likely N-dealkylation sites (N-methyl/N-ethyl adjacent to an activating group) is 2. The minimum atomic E-state index is 0.466. The molecular formula is C16H33N3. The zero-order valence-electron chi connectivity index (χ0n) is 13.4. The van der Waals surface area contributed by atoms with Crippen LogP contribution in [0.4, 0.5) is 0 Å². The fourth-order valence-electron chi connectivity index (χ4n) is 3.44. The van der Waals surface area contributed by atoms with Crippen molar-refractivity contribution in [1.82, 2.24) is 15.1 Å². The number of hydrogen-bond donors (Lipinski definition) is 1. The van der Waals surface area contributed by atoms with Crippen molar-refractivity contribution < 1.29 is 0 Å². The molecule has 0 aromatic carbocycles. The molecule has 1 N–H and O–H groups in total. The molecule has 1 atom stereocenters. The van der Waals surface area contributed by atoms with E-state index in [-0.39, 0.29) is 0 Å². The largest absolute Gasteiger partial charge is 0.312 e. The summed E-state index contributed by atoms with van der Waals surface area (Å²) in [5.74, 6) is 0.950. The highest BCUT2D eigenvalue weighted by atomic mass is 15.2. The second kappa shape index (κ2) is 6.55. The van der Waals surface area contributed by atoms with Gasteiger partial charge in [-0.1, -0.05) is 6.92 Å². The molecular weight excluding hydrogens is 234 g/mol. The molecule has 0 heterocycles. The number of rotatable bonds is 9. The van der Waals surface area contributed by atoms with Gasteiger partial charge >= 0.3 is 0 Å². The van der Waals surface area contributed by atoms with Crippen LogP contribution in [-0.4, -0.2) is 62.2 Å². The Balaban J connectivity index is 1.79. The smallest absolute Gasteiger partial charge is 0.0330 e. The van der Waals surface area contributed by atoms with E-state index < -0.39 is 0 Å². The Kier molecular flexibility index (Phi) is 5.27. The van der Waals surface area contributed by atoms with E-state index in [0.29, 0.717) is 5.54 Å². The maximum atomic E-state index is 3.76. The zero-order valence-corrected chi connectivity index (χ0v) is 13.4. The highest BCUT2D eigenvalue weighted by molar-refractivity contribution is 4.98. The molecule has 0 radical (unpaired) electrons. The molecule has 0 bridgehead atoms. The molecule has 2 aliphatic carbocycles. The van der Waals surface area contributed by atoms with Crippen LogP contribution in [0.25, 0.3) is 0 Å². The minimum absolute atomic E-state index is 0.466. The van der Waals surface area contributed by atoms with Gasteiger partial charge < -0.3 is 15.1 Å². The van der Waals surface area contributed by atoms with E-state index in [4.69, 9.17) is 0 Å². The van der Waals surface area contributed by atoms with Gasteiger partial charge in [0.2, 0.25) is 0 Å². The van der Waals surface area contributed by atoms with Crippen LogP contribution in [0.1, 0.15) is 45.4 Å². The summed E-state index contributed by atoms with van der Waals surface area (Å²) in [6, 6.07) is 0.726. The highest BCUT2D eigenvalue weighted by Crippen LogP contribution is 2.37. The van der Waals surface area contributed by atoms with Gasteiger partial charge in [0.05, 0.1) is 0 Å². The second-order valence-electron chi connectivity index (χ2n) is 7.07. The van der Waals surface area contributed by atoms with Gasteiger partial charge in [0.25, 0.3) is 0 Å². The maximum absolute atomic E-state index is 3.76. The molecule has 19 heavy (non-hydrogen) atoms. The summed E-state index contributed by atoms with van der Waals surface area (Å²) in [6.07, 6.45) is 8.28. The molecule has 0 amide bonds. The summed E-state index contributed by atoms with van der Waals surface area (Å²) >= 11 is 0. The fraction of sp³-hybridized carbons (Fsp3) is 1.00. The molecule has 2 fully saturated rings. The second-order valence-corrected chi connectivity index (χ2v) is 7.07. The third-order valence-corrected chi connectivity index (χ3v) is 5.15. The minimum Gasteiger partial charge on any atom is -0.312 e. The van der Waals surface area contributed by atoms with Gasteiger partial charge in [-0.2, -0.15) is 0 Å². The van der Waals surface area contributed by atoms with Crippen LogP contribution in [0.15, 0.2) is 0 Å². The first kappa shape index (κ1) is 15.3. The Bertz CT molecular complexity index is 269. The Morgan fingerprint density at radius 3 is 2.32 bits per heavy atom. The van der Waals surface area contributed by atoms with Crippen LogP contribution in [0, 0.1) is 5.92 Å². The normalized spacial score (nSPS) is 23.7. The molecule has 0 aromatic rings. The summed E-state index contributed by atoms with van der Waals surface area (Å²) in [4.78, 5) is 5.03. The predicted octanol–water partition coefficient (Wildman–Crippen LogP) is 2.18. The van der Waals surface area contributed by atoms with Crippen LogP contribution in [0.2, 0.25) is 0 Å². The lowest BCUT2D eigenvalue weighted by atomic mass is 9.75. The lowest BCUT2D eigenvalue weighted by Crippen LogP contribution is -2.58. The average molecular weight is 267 g/mol. The van der Waals surface area contributed by atoms with Crippen molar-refractivity contribution in [3.8, 4) is 0 Å². The summed E-state index contributed by atoms with van der Waals surface area (Å²) < 4.78 is 0. The Morgan fingerprint density at radius 1 is 1.21 bits per heavy atom. The molecule has 0 aromatic heterocycles. The monoisotopic (exact) mass is 267 g/mol. The van der Waals surface area contributed by atoms with Gasteiger partial charge in [-0.25, -0.2) is 0 Å². The predicted molar refractivity (Wildman–Crippen MR) is 82.6 cm³/mol. The van der Waals surface area contributed by atoms with Gasteiger partial charge in [0, 0.05) is 24.7 Å². The topological polar surface area (TPSA) is 18.5 Å². The van der Waals surface area contributed by atoms with Crippen molar-refractivity contribution >= 4 is 0 Å². The molecule has 1 unspecified atom stereocenters. The Labute approximate surface area is 119 Å². The molecule has 3 nitrogen and oxygen atoms in total. The molecule has 0 spiro atoms. The summed E-state index contributed by atoms with van der Waals surface area (Å²) in [5.41, 5.74) is 0.466. The van der Waals surface area contributed by atoms with Gasteiger partial charge in [-0.3, -0.25) is 0 Å². The highest BCUT2D eigenvalue weighted by Gasteiger charge is 2.40. The number of hydrogen-bond acceptors (Lipinski definition) is 3. The van der Waals surface area contributed by atoms with E-state index in [9.17, 15) is 0 Å². The van der Waals surface area contributed by atoms with Crippen LogP contribution in [-0.2, 0) is 0 Å². The molecule has 0 aliphatic heterocycles. The van der Waals surface area contributed by atoms with E-state index in [0.717, 1.165) is 12.0 Å². The first-order valence-corrected chi connectivity index (χ1v) is 8.17. The summed E-state index contributed by atoms with van der Waals surface area (Å²) in [6.45, 7) is 5.89. The fourth-order valence-corrected chi connectivity index (χ4v) is 3.44. The molecule has 2 rings (SSSR count). The van der Waals surface area contributed by atoms with E-state index in [1.165, 1.54) is 58.2 Å². The lowest BCUT2D eigenvalue weighted by Gasteiger charge is -2.49. The van der Waals surface area contributed by atoms with Crippen molar-refractivity contribution in [3.05, 3.63) is 0 Å². The van der Waals surface area contributed by atoms with E-state index >= 15 is 0 Å². The quantitative estimate of drug-likeness (QED) is 0.691. The van der Waals surface area contributed by atoms with Crippen LogP contribution >= 0.6 is 0 Å². The van der Waals surface area contributed by atoms with Crippen molar-refractivity contribution in [2.75, 3.05) is 40.8 Å². The standard InChI is InChI=1S/C16H33N3/c1-5-11-17-15(14-7-8-14)12-19(4)13-16(18(2)3)9-6-10-16/h14-15,17H,5-13H2,1-4H3. The van der Waals surface area contributed by atoms with Crippen molar-refractivity contribution in [3.63, 3.8) is 0 Å². The van der Waals surface area contributed by atoms with Gasteiger partial charge in [0.1, 0.15) is 0 Å². The molecule has 2 aliphatic rings. The number of nitrogens with one attached hydrogen (secondary N) is 1. The average Bonchev–Trinajstić information content (AvgIpc) is 3.12. The first-order chi connectivity index (χ1) is 9.07. The first-order valence-electron chi connectivity index (χ1n) is 8.17. The summed E-state index contributed by atoms with van der Waals surface area (Å²) in [5, 5.41) is 3.76. The van der Waals surface area contributed by atoms with E-state index in [1.54, 1.807) is 0 Å². The third-order valence-electron chi connectivity index (χ3n) is 5.15. The zero-order chi connectivity index (χ0) is 13.9. The van der Waals surface area contributed by atoms with Gasteiger partial charge in [0.15, 0.2) is 0 Å². The molecule has 112 valence electrons. The Hall–Kier alpha value is -0.120.